The topological polar surface area (TPSA) is 63.3 Å². The van der Waals surface area contributed by atoms with Gasteiger partial charge in [0.2, 0.25) is 0 Å². The van der Waals surface area contributed by atoms with E-state index in [1.807, 2.05) is 6.07 Å². The molecule has 0 aliphatic heterocycles. The second kappa shape index (κ2) is 3.30. The number of benzene rings is 1. The molecular weight excluding hydrogens is 204 g/mol. The third-order valence-electron chi connectivity index (χ3n) is 2.22. The molecule has 78 valence electrons. The predicted octanol–water partition coefficient (Wildman–Crippen LogP) is 1.50. The lowest BCUT2D eigenvalue weighted by Crippen LogP contribution is -1.87. The summed E-state index contributed by atoms with van der Waals surface area (Å²) in [6.45, 7) is 0. The van der Waals surface area contributed by atoms with Gasteiger partial charge in [-0.25, -0.2) is 9.50 Å². The Morgan fingerprint density at radius 3 is 2.94 bits per heavy atom. The average Bonchev–Trinajstić information content (AvgIpc) is 2.72. The highest BCUT2D eigenvalue weighted by molar-refractivity contribution is 5.58. The van der Waals surface area contributed by atoms with Crippen LogP contribution in [0.3, 0.4) is 0 Å². The molecule has 0 aliphatic rings. The molecule has 0 amide bonds. The van der Waals surface area contributed by atoms with Crippen LogP contribution in [-0.2, 0) is 0 Å². The molecule has 0 spiro atoms. The molecule has 0 saturated heterocycles. The van der Waals surface area contributed by atoms with Crippen LogP contribution in [-0.4, -0.2) is 24.7 Å². The van der Waals surface area contributed by atoms with Gasteiger partial charge in [-0.2, -0.15) is 4.98 Å². The quantitative estimate of drug-likeness (QED) is 0.663. The number of hydrogen-bond acceptors (Lipinski definition) is 4. The number of rotatable bonds is 1. The van der Waals surface area contributed by atoms with E-state index in [4.69, 9.17) is 0 Å². The van der Waals surface area contributed by atoms with Gasteiger partial charge in [0.25, 0.3) is 5.78 Å². The third kappa shape index (κ3) is 1.38. The van der Waals surface area contributed by atoms with Crippen molar-refractivity contribution in [2.75, 3.05) is 0 Å². The minimum Gasteiger partial charge on any atom is -0.508 e. The number of phenols is 1. The first-order valence-electron chi connectivity index (χ1n) is 4.80. The lowest BCUT2D eigenvalue weighted by atomic mass is 10.2. The Kier molecular flexibility index (Phi) is 1.83. The van der Waals surface area contributed by atoms with Crippen molar-refractivity contribution in [1.29, 1.82) is 0 Å². The standard InChI is InChI=1S/C11H8N4O/c16-9-4-1-3-8(7-9)10-13-11-12-5-2-6-15(11)14-10/h1-7,16H. The van der Waals surface area contributed by atoms with Crippen LogP contribution in [0.2, 0.25) is 0 Å². The molecule has 2 aromatic heterocycles. The second-order valence-electron chi connectivity index (χ2n) is 3.35. The normalized spacial score (nSPS) is 10.8. The summed E-state index contributed by atoms with van der Waals surface area (Å²) in [5, 5.41) is 13.6. The highest BCUT2D eigenvalue weighted by atomic mass is 16.3. The number of fused-ring (bicyclic) bond motifs is 1. The number of phenolic OH excluding ortho intramolecular Hbond substituents is 1. The summed E-state index contributed by atoms with van der Waals surface area (Å²) in [7, 11) is 0. The summed E-state index contributed by atoms with van der Waals surface area (Å²) in [6.07, 6.45) is 3.44. The zero-order chi connectivity index (χ0) is 11.0. The number of nitrogens with zero attached hydrogens (tertiary/aromatic N) is 4. The predicted molar refractivity (Wildman–Crippen MR) is 57.9 cm³/mol. The highest BCUT2D eigenvalue weighted by Crippen LogP contribution is 2.19. The molecule has 1 N–H and O–H groups in total. The van der Waals surface area contributed by atoms with Gasteiger partial charge in [-0.15, -0.1) is 5.10 Å². The van der Waals surface area contributed by atoms with Gasteiger partial charge in [0, 0.05) is 18.0 Å². The van der Waals surface area contributed by atoms with Crippen molar-refractivity contribution < 1.29 is 5.11 Å². The highest BCUT2D eigenvalue weighted by Gasteiger charge is 2.06. The molecule has 0 aliphatic carbocycles. The van der Waals surface area contributed by atoms with Crippen molar-refractivity contribution in [1.82, 2.24) is 19.6 Å². The number of aromatic nitrogens is 4. The van der Waals surface area contributed by atoms with Crippen LogP contribution < -0.4 is 0 Å². The summed E-state index contributed by atoms with van der Waals surface area (Å²) in [4.78, 5) is 8.33. The largest absolute Gasteiger partial charge is 0.508 e. The van der Waals surface area contributed by atoms with Crippen molar-refractivity contribution in [3.63, 3.8) is 0 Å². The van der Waals surface area contributed by atoms with Crippen LogP contribution in [0.25, 0.3) is 17.2 Å². The third-order valence-corrected chi connectivity index (χ3v) is 2.22. The first-order chi connectivity index (χ1) is 7.83. The number of hydrogen-bond donors (Lipinski definition) is 1. The monoisotopic (exact) mass is 212 g/mol. The maximum Gasteiger partial charge on any atom is 0.252 e. The first-order valence-corrected chi connectivity index (χ1v) is 4.80. The van der Waals surface area contributed by atoms with Crippen LogP contribution in [0.4, 0.5) is 0 Å². The zero-order valence-corrected chi connectivity index (χ0v) is 8.28. The maximum atomic E-state index is 9.37. The lowest BCUT2D eigenvalue weighted by molar-refractivity contribution is 0.475. The van der Waals surface area contributed by atoms with Crippen LogP contribution >= 0.6 is 0 Å². The Labute approximate surface area is 91.0 Å². The summed E-state index contributed by atoms with van der Waals surface area (Å²) >= 11 is 0. The van der Waals surface area contributed by atoms with Gasteiger partial charge in [-0.05, 0) is 18.2 Å². The molecule has 2 heterocycles. The molecule has 3 rings (SSSR count). The van der Waals surface area contributed by atoms with E-state index in [0.717, 1.165) is 5.56 Å². The van der Waals surface area contributed by atoms with Gasteiger partial charge < -0.3 is 5.11 Å². The van der Waals surface area contributed by atoms with E-state index in [2.05, 4.69) is 15.1 Å². The van der Waals surface area contributed by atoms with Crippen molar-refractivity contribution in [2.45, 2.75) is 0 Å². The molecule has 0 unspecified atom stereocenters. The molecular formula is C11H8N4O. The van der Waals surface area contributed by atoms with Crippen LogP contribution in [0, 0.1) is 0 Å². The van der Waals surface area contributed by atoms with Crippen LogP contribution in [0.15, 0.2) is 42.7 Å². The summed E-state index contributed by atoms with van der Waals surface area (Å²) in [5.74, 6) is 1.29. The Morgan fingerprint density at radius 2 is 2.12 bits per heavy atom. The smallest absolute Gasteiger partial charge is 0.252 e. The summed E-state index contributed by atoms with van der Waals surface area (Å²) in [6, 6.07) is 8.61. The Morgan fingerprint density at radius 1 is 1.19 bits per heavy atom. The Bertz CT molecular complexity index is 614. The zero-order valence-electron chi connectivity index (χ0n) is 8.28. The van der Waals surface area contributed by atoms with E-state index in [9.17, 15) is 5.11 Å². The van der Waals surface area contributed by atoms with Gasteiger partial charge >= 0.3 is 0 Å². The van der Waals surface area contributed by atoms with E-state index < -0.39 is 0 Å². The van der Waals surface area contributed by atoms with Crippen molar-refractivity contribution in [3.8, 4) is 17.1 Å². The molecule has 1 aromatic carbocycles. The SMILES string of the molecule is Oc1cccc(-c2nc3ncccn3n2)c1. The first kappa shape index (κ1) is 8.84. The second-order valence-corrected chi connectivity index (χ2v) is 3.35. The van der Waals surface area contributed by atoms with Gasteiger partial charge in [0.1, 0.15) is 5.75 Å². The molecule has 0 bridgehead atoms. The van der Waals surface area contributed by atoms with Crippen LogP contribution in [0.5, 0.6) is 5.75 Å². The molecule has 0 atom stereocenters. The Hall–Kier alpha value is -2.43. The fourth-order valence-electron chi connectivity index (χ4n) is 1.50. The molecule has 3 aromatic rings. The van der Waals surface area contributed by atoms with E-state index in [0.29, 0.717) is 11.6 Å². The molecule has 5 heteroatoms. The van der Waals surface area contributed by atoms with Gasteiger partial charge in [0.15, 0.2) is 5.82 Å². The lowest BCUT2D eigenvalue weighted by Gasteiger charge is -1.94. The Balaban J connectivity index is 2.19. The van der Waals surface area contributed by atoms with Crippen molar-refractivity contribution in [2.24, 2.45) is 0 Å². The van der Waals surface area contributed by atoms with Crippen LogP contribution in [0.1, 0.15) is 0 Å². The minimum atomic E-state index is 0.198. The van der Waals surface area contributed by atoms with Gasteiger partial charge in [-0.1, -0.05) is 12.1 Å². The average molecular weight is 212 g/mol. The fourth-order valence-corrected chi connectivity index (χ4v) is 1.50. The van der Waals surface area contributed by atoms with E-state index in [1.165, 1.54) is 0 Å². The van der Waals surface area contributed by atoms with E-state index in [-0.39, 0.29) is 5.75 Å². The minimum absolute atomic E-state index is 0.198. The molecule has 0 saturated carbocycles. The maximum absolute atomic E-state index is 9.37. The summed E-state index contributed by atoms with van der Waals surface area (Å²) in [5.41, 5.74) is 0.769. The fraction of sp³-hybridized carbons (Fsp3) is 0. The molecule has 0 radical (unpaired) electrons. The van der Waals surface area contributed by atoms with E-state index >= 15 is 0 Å². The molecule has 5 nitrogen and oxygen atoms in total. The van der Waals surface area contributed by atoms with Crippen molar-refractivity contribution >= 4 is 5.78 Å². The van der Waals surface area contributed by atoms with Gasteiger partial charge in [-0.3, -0.25) is 0 Å². The van der Waals surface area contributed by atoms with Gasteiger partial charge in [0.05, 0.1) is 0 Å². The molecule has 16 heavy (non-hydrogen) atoms. The van der Waals surface area contributed by atoms with Crippen molar-refractivity contribution in [3.05, 3.63) is 42.7 Å². The number of aromatic hydroxyl groups is 1. The molecule has 0 fully saturated rings. The van der Waals surface area contributed by atoms with E-state index in [1.54, 1.807) is 41.2 Å². The summed E-state index contributed by atoms with van der Waals surface area (Å²) < 4.78 is 1.60.